The van der Waals surface area contributed by atoms with Gasteiger partial charge in [-0.1, -0.05) is 32.0 Å². The van der Waals surface area contributed by atoms with Crippen molar-refractivity contribution in [3.63, 3.8) is 0 Å². The lowest BCUT2D eigenvalue weighted by atomic mass is 9.97. The van der Waals surface area contributed by atoms with E-state index in [-0.39, 0.29) is 11.8 Å². The highest BCUT2D eigenvalue weighted by atomic mass is 16.5. The van der Waals surface area contributed by atoms with Gasteiger partial charge < -0.3 is 10.1 Å². The van der Waals surface area contributed by atoms with Crippen LogP contribution in [-0.4, -0.2) is 50.0 Å². The van der Waals surface area contributed by atoms with E-state index in [1.54, 1.807) is 12.1 Å². The van der Waals surface area contributed by atoms with Gasteiger partial charge in [-0.3, -0.25) is 14.6 Å². The molecular weight excluding hydrogens is 456 g/mol. The molecule has 2 aromatic carbocycles. The molecule has 2 N–H and O–H groups in total. The van der Waals surface area contributed by atoms with Crippen molar-refractivity contribution in [3.8, 4) is 11.4 Å². The first-order chi connectivity index (χ1) is 17.4. The maximum Gasteiger partial charge on any atom is 0.328 e. The minimum absolute atomic E-state index is 0.0912. The molecule has 1 aliphatic rings. The number of carbonyl (C=O) groups is 2. The van der Waals surface area contributed by atoms with Gasteiger partial charge in [0.05, 0.1) is 18.8 Å². The molecule has 1 saturated carbocycles. The minimum atomic E-state index is -0.705. The number of aryl methyl sites for hydroxylation is 1. The monoisotopic (exact) mass is 486 g/mol. The Morgan fingerprint density at radius 1 is 1.17 bits per heavy atom. The van der Waals surface area contributed by atoms with E-state index >= 15 is 0 Å². The summed E-state index contributed by atoms with van der Waals surface area (Å²) >= 11 is 0. The molecule has 0 radical (unpaired) electrons. The van der Waals surface area contributed by atoms with E-state index in [0.29, 0.717) is 23.7 Å². The Kier molecular flexibility index (Phi) is 6.30. The molecule has 5 rings (SSSR count). The molecule has 0 bridgehead atoms. The molecule has 0 saturated heterocycles. The average Bonchev–Trinajstić information content (AvgIpc) is 3.48. The molecule has 2 heterocycles. The van der Waals surface area contributed by atoms with Gasteiger partial charge in [0.2, 0.25) is 0 Å². The molecule has 1 amide bonds. The van der Waals surface area contributed by atoms with E-state index < -0.39 is 12.0 Å². The molecule has 2 aromatic heterocycles. The number of nitrogens with one attached hydrogen (secondary N) is 2. The number of esters is 1. The second kappa shape index (κ2) is 9.56. The number of nitrogens with zero attached hydrogens (tertiary/aromatic N) is 4. The quantitative estimate of drug-likeness (QED) is 0.367. The first kappa shape index (κ1) is 23.7. The largest absolute Gasteiger partial charge is 0.467 e. The van der Waals surface area contributed by atoms with Crippen LogP contribution in [0, 0.1) is 5.92 Å². The van der Waals surface area contributed by atoms with E-state index in [4.69, 9.17) is 9.72 Å². The number of aromatic amines is 1. The highest BCUT2D eigenvalue weighted by molar-refractivity contribution is 5.97. The number of amides is 1. The molecule has 0 spiro atoms. The number of methoxy groups -OCH3 is 1. The van der Waals surface area contributed by atoms with Crippen LogP contribution in [0.15, 0.2) is 42.6 Å². The van der Waals surface area contributed by atoms with E-state index in [9.17, 15) is 9.59 Å². The van der Waals surface area contributed by atoms with Crippen LogP contribution in [0.25, 0.3) is 22.3 Å². The Morgan fingerprint density at radius 3 is 2.58 bits per heavy atom. The Bertz CT molecular complexity index is 1420. The van der Waals surface area contributed by atoms with Crippen LogP contribution in [0.3, 0.4) is 0 Å². The summed E-state index contributed by atoms with van der Waals surface area (Å²) in [4.78, 5) is 29.5. The highest BCUT2D eigenvalue weighted by Crippen LogP contribution is 2.45. The van der Waals surface area contributed by atoms with Gasteiger partial charge in [-0.05, 0) is 54.0 Å². The molecule has 186 valence electrons. The Labute approximate surface area is 209 Å². The zero-order valence-corrected chi connectivity index (χ0v) is 20.9. The summed E-state index contributed by atoms with van der Waals surface area (Å²) in [6.07, 6.45) is 5.01. The van der Waals surface area contributed by atoms with Crippen molar-refractivity contribution in [2.45, 2.75) is 45.1 Å². The number of hydrogen-bond acceptors (Lipinski definition) is 6. The van der Waals surface area contributed by atoms with Gasteiger partial charge >= 0.3 is 5.97 Å². The summed E-state index contributed by atoms with van der Waals surface area (Å²) in [5.41, 5.74) is 4.95. The van der Waals surface area contributed by atoms with Gasteiger partial charge in [0.1, 0.15) is 11.9 Å². The maximum atomic E-state index is 12.7. The molecule has 36 heavy (non-hydrogen) atoms. The molecule has 1 aliphatic carbocycles. The third-order valence-corrected chi connectivity index (χ3v) is 6.76. The number of ether oxygens (including phenoxy) is 1. The third kappa shape index (κ3) is 4.60. The van der Waals surface area contributed by atoms with Crippen LogP contribution in [0.2, 0.25) is 0 Å². The molecule has 9 nitrogen and oxygen atoms in total. The van der Waals surface area contributed by atoms with Crippen molar-refractivity contribution >= 4 is 22.8 Å². The van der Waals surface area contributed by atoms with Crippen molar-refractivity contribution in [1.29, 1.82) is 0 Å². The third-order valence-electron chi connectivity index (χ3n) is 6.76. The molecular formula is C27H30N6O3. The first-order valence-corrected chi connectivity index (χ1v) is 12.2. The predicted molar refractivity (Wildman–Crippen MR) is 135 cm³/mol. The van der Waals surface area contributed by atoms with Crippen LogP contribution in [0.5, 0.6) is 0 Å². The summed E-state index contributed by atoms with van der Waals surface area (Å²) in [7, 11) is 3.22. The fourth-order valence-electron chi connectivity index (χ4n) is 4.58. The van der Waals surface area contributed by atoms with Crippen molar-refractivity contribution in [3.05, 3.63) is 65.1 Å². The normalized spacial score (nSPS) is 14.2. The fraction of sp³-hybridized carbons (Fsp3) is 0.370. The van der Waals surface area contributed by atoms with Crippen LogP contribution in [0.1, 0.15) is 59.9 Å². The number of fused-ring (bicyclic) bond motifs is 1. The van der Waals surface area contributed by atoms with Crippen LogP contribution in [0.4, 0.5) is 0 Å². The first-order valence-electron chi connectivity index (χ1n) is 12.2. The van der Waals surface area contributed by atoms with Gasteiger partial charge in [-0.2, -0.15) is 10.2 Å². The Hall–Kier alpha value is -4.01. The minimum Gasteiger partial charge on any atom is -0.467 e. The lowest BCUT2D eigenvalue weighted by molar-refractivity contribution is -0.144. The summed E-state index contributed by atoms with van der Waals surface area (Å²) < 4.78 is 6.62. The Morgan fingerprint density at radius 2 is 1.92 bits per heavy atom. The molecule has 0 unspecified atom stereocenters. The van der Waals surface area contributed by atoms with E-state index in [2.05, 4.69) is 32.7 Å². The number of hydrogen-bond donors (Lipinski definition) is 2. The van der Waals surface area contributed by atoms with Crippen molar-refractivity contribution in [1.82, 2.24) is 30.3 Å². The van der Waals surface area contributed by atoms with E-state index in [0.717, 1.165) is 16.9 Å². The lowest BCUT2D eigenvalue weighted by Crippen LogP contribution is -2.45. The van der Waals surface area contributed by atoms with Gasteiger partial charge in [-0.15, -0.1) is 0 Å². The topological polar surface area (TPSA) is 115 Å². The van der Waals surface area contributed by atoms with E-state index in [1.165, 1.54) is 36.5 Å². The SMILES string of the molecule is COC(=O)[C@@H](NC(=O)c1ccc(-c2nc(Cc3ccc4[nH]ncc4c3C3CC3)n(C)n2)cc1)C(C)C. The van der Waals surface area contributed by atoms with Gasteiger partial charge in [0, 0.05) is 30.0 Å². The second-order valence-electron chi connectivity index (χ2n) is 9.69. The fourth-order valence-corrected chi connectivity index (χ4v) is 4.58. The predicted octanol–water partition coefficient (Wildman–Crippen LogP) is 3.75. The zero-order chi connectivity index (χ0) is 25.4. The van der Waals surface area contributed by atoms with Gasteiger partial charge in [0.25, 0.3) is 5.91 Å². The number of carbonyl (C=O) groups excluding carboxylic acids is 2. The van der Waals surface area contributed by atoms with Crippen molar-refractivity contribution < 1.29 is 14.3 Å². The summed E-state index contributed by atoms with van der Waals surface area (Å²) in [6, 6.07) is 10.6. The Balaban J connectivity index is 1.34. The summed E-state index contributed by atoms with van der Waals surface area (Å²) in [5, 5.41) is 15.9. The zero-order valence-electron chi connectivity index (χ0n) is 20.9. The molecule has 1 atom stereocenters. The van der Waals surface area contributed by atoms with Gasteiger partial charge in [-0.25, -0.2) is 9.78 Å². The van der Waals surface area contributed by atoms with E-state index in [1.807, 2.05) is 43.9 Å². The summed E-state index contributed by atoms with van der Waals surface area (Å²) in [5.74, 6) is 1.17. The smallest absolute Gasteiger partial charge is 0.328 e. The maximum absolute atomic E-state index is 12.7. The van der Waals surface area contributed by atoms with Crippen molar-refractivity contribution in [2.24, 2.45) is 13.0 Å². The van der Waals surface area contributed by atoms with Crippen LogP contribution >= 0.6 is 0 Å². The molecule has 9 heteroatoms. The standard InChI is InChI=1S/C27H30N6O3/c1-15(2)24(27(35)36-4)30-26(34)18-9-7-17(8-10-18)25-29-22(33(3)32-25)13-19-11-12-21-20(14-28-31-21)23(19)16-5-6-16/h7-12,14-16,24H,5-6,13H2,1-4H3,(H,28,31)(H,30,34)/t24-/m0/s1. The number of benzene rings is 2. The number of rotatable bonds is 8. The summed E-state index contributed by atoms with van der Waals surface area (Å²) in [6.45, 7) is 3.71. The van der Waals surface area contributed by atoms with Crippen LogP contribution in [-0.2, 0) is 23.0 Å². The molecule has 4 aromatic rings. The number of aromatic nitrogens is 5. The average molecular weight is 487 g/mol. The van der Waals surface area contributed by atoms with Crippen LogP contribution < -0.4 is 5.32 Å². The molecule has 1 fully saturated rings. The lowest BCUT2D eigenvalue weighted by Gasteiger charge is -2.19. The van der Waals surface area contributed by atoms with Gasteiger partial charge in [0.15, 0.2) is 5.82 Å². The second-order valence-corrected chi connectivity index (χ2v) is 9.69. The van der Waals surface area contributed by atoms with Crippen molar-refractivity contribution in [2.75, 3.05) is 7.11 Å². The highest BCUT2D eigenvalue weighted by Gasteiger charge is 2.29. The number of H-pyrrole nitrogens is 1. The molecule has 0 aliphatic heterocycles.